The molecule has 14 heavy (non-hydrogen) atoms. The zero-order valence-corrected chi connectivity index (χ0v) is 9.62. The van der Waals surface area contributed by atoms with Crippen LogP contribution in [0.2, 0.25) is 0 Å². The Bertz CT molecular complexity index is 169. The molecule has 1 rings (SSSR count). The van der Waals surface area contributed by atoms with E-state index in [-0.39, 0.29) is 12.0 Å². The number of nitrogens with zero attached hydrogens (tertiary/aromatic N) is 1. The lowest BCUT2D eigenvalue weighted by molar-refractivity contribution is 0.0750. The standard InChI is InChI=1S/C11H23NO2/c1-4-11(2,9-13)8-12-6-5-10(7-12)14-3/h10,13H,4-9H2,1-3H3. The van der Waals surface area contributed by atoms with Gasteiger partial charge in [-0.2, -0.15) is 0 Å². The van der Waals surface area contributed by atoms with E-state index in [1.54, 1.807) is 7.11 Å². The van der Waals surface area contributed by atoms with Crippen molar-refractivity contribution in [2.75, 3.05) is 33.4 Å². The Labute approximate surface area is 87.1 Å². The number of aliphatic hydroxyl groups is 1. The summed E-state index contributed by atoms with van der Waals surface area (Å²) in [5.41, 5.74) is 0.0582. The van der Waals surface area contributed by atoms with E-state index in [1.807, 2.05) is 0 Å². The molecule has 0 aromatic heterocycles. The maximum atomic E-state index is 9.31. The molecule has 0 radical (unpaired) electrons. The maximum absolute atomic E-state index is 9.31. The van der Waals surface area contributed by atoms with Crippen LogP contribution in [0.25, 0.3) is 0 Å². The van der Waals surface area contributed by atoms with Crippen molar-refractivity contribution in [1.29, 1.82) is 0 Å². The molecule has 0 aliphatic carbocycles. The van der Waals surface area contributed by atoms with E-state index in [0.717, 1.165) is 32.5 Å². The third kappa shape index (κ3) is 2.94. The van der Waals surface area contributed by atoms with Gasteiger partial charge < -0.3 is 14.7 Å². The summed E-state index contributed by atoms with van der Waals surface area (Å²) in [6, 6.07) is 0. The SMILES string of the molecule is CCC(C)(CO)CN1CCC(OC)C1. The summed E-state index contributed by atoms with van der Waals surface area (Å²) in [7, 11) is 1.78. The van der Waals surface area contributed by atoms with Crippen LogP contribution in [0.1, 0.15) is 26.7 Å². The van der Waals surface area contributed by atoms with Gasteiger partial charge in [-0.05, 0) is 12.8 Å². The first-order valence-electron chi connectivity index (χ1n) is 5.49. The quantitative estimate of drug-likeness (QED) is 0.723. The lowest BCUT2D eigenvalue weighted by atomic mass is 9.88. The summed E-state index contributed by atoms with van der Waals surface area (Å²) in [4.78, 5) is 2.40. The second-order valence-corrected chi connectivity index (χ2v) is 4.70. The Morgan fingerprint density at radius 2 is 2.29 bits per heavy atom. The molecular formula is C11H23NO2. The Balaban J connectivity index is 2.37. The summed E-state index contributed by atoms with van der Waals surface area (Å²) >= 11 is 0. The third-order valence-corrected chi connectivity index (χ3v) is 3.40. The van der Waals surface area contributed by atoms with Crippen LogP contribution in [0.3, 0.4) is 0 Å². The van der Waals surface area contributed by atoms with Gasteiger partial charge >= 0.3 is 0 Å². The van der Waals surface area contributed by atoms with Crippen molar-refractivity contribution in [1.82, 2.24) is 4.90 Å². The number of hydrogen-bond donors (Lipinski definition) is 1. The van der Waals surface area contributed by atoms with Crippen molar-refractivity contribution in [3.05, 3.63) is 0 Å². The minimum absolute atomic E-state index is 0.0582. The fraction of sp³-hybridized carbons (Fsp3) is 1.00. The molecule has 3 nitrogen and oxygen atoms in total. The molecule has 3 heteroatoms. The highest BCUT2D eigenvalue weighted by molar-refractivity contribution is 4.82. The number of methoxy groups -OCH3 is 1. The maximum Gasteiger partial charge on any atom is 0.0710 e. The van der Waals surface area contributed by atoms with Gasteiger partial charge in [-0.15, -0.1) is 0 Å². The molecule has 2 unspecified atom stereocenters. The molecule has 1 heterocycles. The largest absolute Gasteiger partial charge is 0.396 e. The molecule has 2 atom stereocenters. The van der Waals surface area contributed by atoms with Gasteiger partial charge in [0.1, 0.15) is 0 Å². The second-order valence-electron chi connectivity index (χ2n) is 4.70. The highest BCUT2D eigenvalue weighted by Gasteiger charge is 2.29. The van der Waals surface area contributed by atoms with Gasteiger partial charge in [-0.1, -0.05) is 13.8 Å². The van der Waals surface area contributed by atoms with Crippen molar-refractivity contribution in [3.63, 3.8) is 0 Å². The predicted molar refractivity (Wildman–Crippen MR) is 57.3 cm³/mol. The summed E-state index contributed by atoms with van der Waals surface area (Å²) in [6.07, 6.45) is 2.55. The summed E-state index contributed by atoms with van der Waals surface area (Å²) < 4.78 is 5.32. The number of likely N-dealkylation sites (tertiary alicyclic amines) is 1. The zero-order chi connectivity index (χ0) is 10.6. The van der Waals surface area contributed by atoms with Crippen molar-refractivity contribution in [2.45, 2.75) is 32.8 Å². The number of ether oxygens (including phenoxy) is 1. The molecule has 0 spiro atoms. The van der Waals surface area contributed by atoms with Crippen molar-refractivity contribution >= 4 is 0 Å². The van der Waals surface area contributed by atoms with Crippen LogP contribution in [0.4, 0.5) is 0 Å². The average Bonchev–Trinajstić information content (AvgIpc) is 2.65. The van der Waals surface area contributed by atoms with Crippen LogP contribution in [0, 0.1) is 5.41 Å². The fourth-order valence-corrected chi connectivity index (χ4v) is 1.95. The van der Waals surface area contributed by atoms with Crippen LogP contribution in [-0.2, 0) is 4.74 Å². The van der Waals surface area contributed by atoms with Gasteiger partial charge in [0.2, 0.25) is 0 Å². The average molecular weight is 201 g/mol. The highest BCUT2D eigenvalue weighted by atomic mass is 16.5. The molecule has 1 aliphatic heterocycles. The molecule has 1 saturated heterocycles. The minimum Gasteiger partial charge on any atom is -0.396 e. The molecule has 0 aromatic carbocycles. The first-order valence-corrected chi connectivity index (χ1v) is 5.49. The van der Waals surface area contributed by atoms with Gasteiger partial charge in [0.05, 0.1) is 6.10 Å². The van der Waals surface area contributed by atoms with E-state index < -0.39 is 0 Å². The van der Waals surface area contributed by atoms with Crippen LogP contribution in [0.15, 0.2) is 0 Å². The Kier molecular flexibility index (Phi) is 4.35. The molecule has 0 amide bonds. The topological polar surface area (TPSA) is 32.7 Å². The van der Waals surface area contributed by atoms with Crippen molar-refractivity contribution in [2.24, 2.45) is 5.41 Å². The van der Waals surface area contributed by atoms with Gasteiger partial charge in [-0.25, -0.2) is 0 Å². The number of rotatable bonds is 5. The van der Waals surface area contributed by atoms with Gasteiger partial charge in [-0.3, -0.25) is 0 Å². The van der Waals surface area contributed by atoms with Crippen LogP contribution in [0.5, 0.6) is 0 Å². The van der Waals surface area contributed by atoms with Gasteiger partial charge in [0.15, 0.2) is 0 Å². The predicted octanol–water partition coefficient (Wildman–Crippen LogP) is 1.12. The van der Waals surface area contributed by atoms with Crippen LogP contribution in [-0.4, -0.2) is 49.5 Å². The monoisotopic (exact) mass is 201 g/mol. The minimum atomic E-state index is 0.0582. The fourth-order valence-electron chi connectivity index (χ4n) is 1.95. The van der Waals surface area contributed by atoms with Crippen molar-refractivity contribution in [3.8, 4) is 0 Å². The Morgan fingerprint density at radius 1 is 1.57 bits per heavy atom. The molecule has 84 valence electrons. The summed E-state index contributed by atoms with van der Waals surface area (Å²) in [6.45, 7) is 7.67. The smallest absolute Gasteiger partial charge is 0.0710 e. The normalized spacial score (nSPS) is 27.9. The van der Waals surface area contributed by atoms with E-state index >= 15 is 0 Å². The molecule has 0 aromatic rings. The van der Waals surface area contributed by atoms with E-state index in [2.05, 4.69) is 18.7 Å². The summed E-state index contributed by atoms with van der Waals surface area (Å²) in [5.74, 6) is 0. The molecule has 1 aliphatic rings. The zero-order valence-electron chi connectivity index (χ0n) is 9.62. The lowest BCUT2D eigenvalue weighted by Gasteiger charge is -2.30. The van der Waals surface area contributed by atoms with Crippen molar-refractivity contribution < 1.29 is 9.84 Å². The van der Waals surface area contributed by atoms with E-state index in [1.165, 1.54) is 0 Å². The number of hydrogen-bond acceptors (Lipinski definition) is 3. The third-order valence-electron chi connectivity index (χ3n) is 3.40. The van der Waals surface area contributed by atoms with Crippen LogP contribution < -0.4 is 0 Å². The first kappa shape index (κ1) is 12.0. The molecule has 1 fully saturated rings. The van der Waals surface area contributed by atoms with Crippen LogP contribution >= 0.6 is 0 Å². The summed E-state index contributed by atoms with van der Waals surface area (Å²) in [5, 5.41) is 9.31. The first-order chi connectivity index (χ1) is 6.63. The highest BCUT2D eigenvalue weighted by Crippen LogP contribution is 2.24. The lowest BCUT2D eigenvalue weighted by Crippen LogP contribution is -2.37. The van der Waals surface area contributed by atoms with Gasteiger partial charge in [0, 0.05) is 38.8 Å². The van der Waals surface area contributed by atoms with Gasteiger partial charge in [0.25, 0.3) is 0 Å². The molecular weight excluding hydrogens is 178 g/mol. The van der Waals surface area contributed by atoms with E-state index in [0.29, 0.717) is 6.10 Å². The Morgan fingerprint density at radius 3 is 2.71 bits per heavy atom. The van der Waals surface area contributed by atoms with E-state index in [4.69, 9.17) is 4.74 Å². The second kappa shape index (κ2) is 5.10. The molecule has 0 bridgehead atoms. The molecule has 1 N–H and O–H groups in total. The molecule has 0 saturated carbocycles. The number of aliphatic hydroxyl groups excluding tert-OH is 1. The Hall–Kier alpha value is -0.120. The van der Waals surface area contributed by atoms with E-state index in [9.17, 15) is 5.11 Å².